The highest BCUT2D eigenvalue weighted by molar-refractivity contribution is 14.1. The molecule has 1 N–H and O–H groups in total. The maximum absolute atomic E-state index is 11.6. The van der Waals surface area contributed by atoms with Crippen molar-refractivity contribution < 1.29 is 9.59 Å². The Morgan fingerprint density at radius 2 is 2.13 bits per heavy atom. The number of carbonyl (C=O) groups is 2. The highest BCUT2D eigenvalue weighted by Crippen LogP contribution is 2.18. The van der Waals surface area contributed by atoms with E-state index in [-0.39, 0.29) is 18.2 Å². The van der Waals surface area contributed by atoms with Gasteiger partial charge in [0.2, 0.25) is 0 Å². The Balaban J connectivity index is 2.81. The minimum Gasteiger partial charge on any atom is -0.345 e. The summed E-state index contributed by atoms with van der Waals surface area (Å²) < 4.78 is 1.70. The second-order valence-electron chi connectivity index (χ2n) is 3.01. The van der Waals surface area contributed by atoms with Crippen LogP contribution in [0, 0.1) is 3.57 Å². The third-order valence-electron chi connectivity index (χ3n) is 1.67. The smallest absolute Gasteiger partial charge is 0.252 e. The average Bonchev–Trinajstić information content (AvgIpc) is 2.18. The van der Waals surface area contributed by atoms with Gasteiger partial charge in [-0.3, -0.25) is 9.59 Å². The first kappa shape index (κ1) is 12.6. The van der Waals surface area contributed by atoms with Crippen LogP contribution >= 0.6 is 38.5 Å². The monoisotopic (exact) mass is 381 g/mol. The number of carbonyl (C=O) groups excluding carboxylic acids is 2. The molecule has 0 aliphatic heterocycles. The summed E-state index contributed by atoms with van der Waals surface area (Å²) in [5, 5.41) is 2.55. The number of rotatable bonds is 3. The minimum atomic E-state index is -0.226. The molecular formula is C10H9BrINO2. The molecule has 15 heavy (non-hydrogen) atoms. The zero-order chi connectivity index (χ0) is 11.4. The van der Waals surface area contributed by atoms with Crippen LogP contribution in [0.2, 0.25) is 0 Å². The first-order valence-electron chi connectivity index (χ1n) is 4.23. The lowest BCUT2D eigenvalue weighted by molar-refractivity contribution is -0.116. The quantitative estimate of drug-likeness (QED) is 0.817. The maximum atomic E-state index is 11.6. The third kappa shape index (κ3) is 3.90. The molecule has 1 aromatic rings. The van der Waals surface area contributed by atoms with Gasteiger partial charge in [0.1, 0.15) is 5.78 Å². The Labute approximate surface area is 110 Å². The lowest BCUT2D eigenvalue weighted by Crippen LogP contribution is -2.28. The van der Waals surface area contributed by atoms with Crippen LogP contribution in [0.25, 0.3) is 0 Å². The van der Waals surface area contributed by atoms with Gasteiger partial charge in [0.05, 0.1) is 12.1 Å². The van der Waals surface area contributed by atoms with E-state index in [0.717, 1.165) is 8.04 Å². The van der Waals surface area contributed by atoms with Crippen LogP contribution < -0.4 is 5.32 Å². The Morgan fingerprint density at radius 3 is 2.73 bits per heavy atom. The summed E-state index contributed by atoms with van der Waals surface area (Å²) >= 11 is 5.38. The molecule has 5 heteroatoms. The lowest BCUT2D eigenvalue weighted by atomic mass is 10.2. The standard InChI is InChI=1S/C10H9BrINO2/c1-6(14)5-13-10(15)8-4-7(11)2-3-9(8)12/h2-4H,5H2,1H3,(H,13,15). The summed E-state index contributed by atoms with van der Waals surface area (Å²) in [6, 6.07) is 5.44. The number of Topliss-reactive ketones (excluding diaryl/α,β-unsaturated/α-hetero) is 1. The summed E-state index contributed by atoms with van der Waals surface area (Å²) in [6.07, 6.45) is 0. The number of hydrogen-bond acceptors (Lipinski definition) is 2. The van der Waals surface area contributed by atoms with Crippen molar-refractivity contribution in [3.8, 4) is 0 Å². The molecule has 0 aliphatic carbocycles. The van der Waals surface area contributed by atoms with Gasteiger partial charge in [-0.05, 0) is 47.7 Å². The van der Waals surface area contributed by atoms with E-state index in [1.807, 2.05) is 12.1 Å². The number of hydrogen-bond donors (Lipinski definition) is 1. The maximum Gasteiger partial charge on any atom is 0.252 e. The highest BCUT2D eigenvalue weighted by Gasteiger charge is 2.10. The SMILES string of the molecule is CC(=O)CNC(=O)c1cc(Br)ccc1I. The molecule has 0 saturated heterocycles. The summed E-state index contributed by atoms with van der Waals surface area (Å²) in [5.41, 5.74) is 0.575. The molecule has 80 valence electrons. The van der Waals surface area contributed by atoms with Crippen LogP contribution in [-0.4, -0.2) is 18.2 Å². The van der Waals surface area contributed by atoms with E-state index < -0.39 is 0 Å². The van der Waals surface area contributed by atoms with Gasteiger partial charge in [-0.25, -0.2) is 0 Å². The molecule has 0 aliphatic rings. The molecule has 1 rings (SSSR count). The van der Waals surface area contributed by atoms with Gasteiger partial charge >= 0.3 is 0 Å². The zero-order valence-electron chi connectivity index (χ0n) is 8.01. The van der Waals surface area contributed by atoms with Gasteiger partial charge in [0.25, 0.3) is 5.91 Å². The topological polar surface area (TPSA) is 46.2 Å². The van der Waals surface area contributed by atoms with Gasteiger partial charge in [0, 0.05) is 8.04 Å². The van der Waals surface area contributed by atoms with E-state index in [1.165, 1.54) is 6.92 Å². The Kier molecular flexibility index (Phi) is 4.72. The summed E-state index contributed by atoms with van der Waals surface area (Å²) in [7, 11) is 0. The van der Waals surface area contributed by atoms with E-state index in [2.05, 4.69) is 43.8 Å². The van der Waals surface area contributed by atoms with Crippen LogP contribution in [0.3, 0.4) is 0 Å². The fraction of sp³-hybridized carbons (Fsp3) is 0.200. The van der Waals surface area contributed by atoms with Crippen LogP contribution in [0.1, 0.15) is 17.3 Å². The summed E-state index contributed by atoms with van der Waals surface area (Å²) in [4.78, 5) is 22.3. The van der Waals surface area contributed by atoms with Crippen molar-refractivity contribution in [2.24, 2.45) is 0 Å². The predicted molar refractivity (Wildman–Crippen MR) is 69.9 cm³/mol. The second kappa shape index (κ2) is 5.60. The van der Waals surface area contributed by atoms with Crippen molar-refractivity contribution in [3.63, 3.8) is 0 Å². The highest BCUT2D eigenvalue weighted by atomic mass is 127. The molecule has 0 spiro atoms. The molecule has 1 aromatic carbocycles. The largest absolute Gasteiger partial charge is 0.345 e. The van der Waals surface area contributed by atoms with Crippen molar-refractivity contribution in [1.29, 1.82) is 0 Å². The van der Waals surface area contributed by atoms with Crippen molar-refractivity contribution in [2.75, 3.05) is 6.54 Å². The van der Waals surface area contributed by atoms with E-state index >= 15 is 0 Å². The van der Waals surface area contributed by atoms with Gasteiger partial charge in [0.15, 0.2) is 0 Å². The Morgan fingerprint density at radius 1 is 1.47 bits per heavy atom. The Bertz CT molecular complexity index is 406. The first-order chi connectivity index (χ1) is 7.00. The predicted octanol–water partition coefficient (Wildman–Crippen LogP) is 2.37. The number of halogens is 2. The van der Waals surface area contributed by atoms with Gasteiger partial charge in [-0.2, -0.15) is 0 Å². The number of nitrogens with one attached hydrogen (secondary N) is 1. The summed E-state index contributed by atoms with van der Waals surface area (Å²) in [5.74, 6) is -0.288. The average molecular weight is 382 g/mol. The van der Waals surface area contributed by atoms with Crippen molar-refractivity contribution in [1.82, 2.24) is 5.32 Å². The zero-order valence-corrected chi connectivity index (χ0v) is 11.8. The molecule has 0 atom stereocenters. The third-order valence-corrected chi connectivity index (χ3v) is 3.10. The van der Waals surface area contributed by atoms with Crippen molar-refractivity contribution in [3.05, 3.63) is 31.8 Å². The fourth-order valence-electron chi connectivity index (χ4n) is 0.971. The minimum absolute atomic E-state index is 0.0617. The van der Waals surface area contributed by atoms with Crippen LogP contribution in [0.15, 0.2) is 22.7 Å². The van der Waals surface area contributed by atoms with E-state index in [9.17, 15) is 9.59 Å². The number of amides is 1. The van der Waals surface area contributed by atoms with E-state index in [0.29, 0.717) is 5.56 Å². The molecule has 0 unspecified atom stereocenters. The Hall–Kier alpha value is -0.430. The van der Waals surface area contributed by atoms with Crippen LogP contribution in [-0.2, 0) is 4.79 Å². The van der Waals surface area contributed by atoms with Crippen molar-refractivity contribution >= 4 is 50.2 Å². The number of benzene rings is 1. The molecule has 0 bridgehead atoms. The van der Waals surface area contributed by atoms with E-state index in [1.54, 1.807) is 6.07 Å². The van der Waals surface area contributed by atoms with Gasteiger partial charge < -0.3 is 5.32 Å². The molecule has 0 radical (unpaired) electrons. The van der Waals surface area contributed by atoms with Crippen LogP contribution in [0.4, 0.5) is 0 Å². The normalized spacial score (nSPS) is 9.80. The van der Waals surface area contributed by atoms with Gasteiger partial charge in [-0.1, -0.05) is 15.9 Å². The lowest BCUT2D eigenvalue weighted by Gasteiger charge is -2.05. The molecule has 0 saturated carbocycles. The summed E-state index contributed by atoms with van der Waals surface area (Å²) in [6.45, 7) is 1.51. The molecule has 0 heterocycles. The van der Waals surface area contributed by atoms with E-state index in [4.69, 9.17) is 0 Å². The molecule has 0 fully saturated rings. The van der Waals surface area contributed by atoms with Crippen molar-refractivity contribution in [2.45, 2.75) is 6.92 Å². The second-order valence-corrected chi connectivity index (χ2v) is 5.09. The molecule has 1 amide bonds. The molecule has 0 aromatic heterocycles. The molecule has 3 nitrogen and oxygen atoms in total. The first-order valence-corrected chi connectivity index (χ1v) is 6.10. The number of ketones is 1. The fourth-order valence-corrected chi connectivity index (χ4v) is 1.91. The van der Waals surface area contributed by atoms with Crippen LogP contribution in [0.5, 0.6) is 0 Å². The van der Waals surface area contributed by atoms with Gasteiger partial charge in [-0.15, -0.1) is 0 Å². The molecular weight excluding hydrogens is 373 g/mol.